The molecule has 0 aliphatic rings. The SMILES string of the molecule is CC(CN)CN(C)c1cccc(Br)c1. The Labute approximate surface area is 94.2 Å². The number of nitrogens with two attached hydrogens (primary N) is 1. The molecule has 1 rings (SSSR count). The van der Waals surface area contributed by atoms with Crippen LogP contribution in [0.1, 0.15) is 6.92 Å². The number of anilines is 1. The second-order valence-electron chi connectivity index (χ2n) is 3.70. The summed E-state index contributed by atoms with van der Waals surface area (Å²) in [4.78, 5) is 2.22. The summed E-state index contributed by atoms with van der Waals surface area (Å²) >= 11 is 3.46. The average molecular weight is 257 g/mol. The van der Waals surface area contributed by atoms with Crippen molar-refractivity contribution in [2.24, 2.45) is 11.7 Å². The van der Waals surface area contributed by atoms with E-state index in [1.54, 1.807) is 0 Å². The van der Waals surface area contributed by atoms with Crippen LogP contribution in [0, 0.1) is 5.92 Å². The zero-order valence-electron chi connectivity index (χ0n) is 8.70. The quantitative estimate of drug-likeness (QED) is 0.897. The molecule has 0 heterocycles. The van der Waals surface area contributed by atoms with Gasteiger partial charge in [-0.25, -0.2) is 0 Å². The molecule has 0 aliphatic heterocycles. The van der Waals surface area contributed by atoms with Gasteiger partial charge in [0.15, 0.2) is 0 Å². The second-order valence-corrected chi connectivity index (χ2v) is 4.62. The molecule has 0 saturated heterocycles. The van der Waals surface area contributed by atoms with Crippen molar-refractivity contribution in [2.75, 3.05) is 25.0 Å². The lowest BCUT2D eigenvalue weighted by Gasteiger charge is -2.22. The predicted octanol–water partition coefficient (Wildman–Crippen LogP) is 2.48. The van der Waals surface area contributed by atoms with Gasteiger partial charge in [-0.1, -0.05) is 28.9 Å². The minimum absolute atomic E-state index is 0.527. The van der Waals surface area contributed by atoms with Crippen molar-refractivity contribution in [3.8, 4) is 0 Å². The summed E-state index contributed by atoms with van der Waals surface area (Å²) in [5.74, 6) is 0.527. The molecule has 0 amide bonds. The molecular weight excluding hydrogens is 240 g/mol. The molecule has 1 aromatic carbocycles. The van der Waals surface area contributed by atoms with Crippen molar-refractivity contribution in [1.82, 2.24) is 0 Å². The second kappa shape index (κ2) is 5.37. The topological polar surface area (TPSA) is 29.3 Å². The Kier molecular flexibility index (Phi) is 4.42. The van der Waals surface area contributed by atoms with Gasteiger partial charge >= 0.3 is 0 Å². The molecule has 78 valence electrons. The fourth-order valence-corrected chi connectivity index (χ4v) is 1.75. The molecule has 0 saturated carbocycles. The van der Waals surface area contributed by atoms with Gasteiger partial charge in [0.1, 0.15) is 0 Å². The fraction of sp³-hybridized carbons (Fsp3) is 0.455. The van der Waals surface area contributed by atoms with Crippen LogP contribution in [0.15, 0.2) is 28.7 Å². The fourth-order valence-electron chi connectivity index (χ4n) is 1.36. The van der Waals surface area contributed by atoms with E-state index in [-0.39, 0.29) is 0 Å². The third kappa shape index (κ3) is 3.31. The molecule has 0 radical (unpaired) electrons. The number of halogens is 1. The van der Waals surface area contributed by atoms with Gasteiger partial charge in [-0.05, 0) is 30.7 Å². The van der Waals surface area contributed by atoms with Crippen LogP contribution in [0.25, 0.3) is 0 Å². The lowest BCUT2D eigenvalue weighted by atomic mass is 10.1. The number of hydrogen-bond donors (Lipinski definition) is 1. The Bertz CT molecular complexity index is 288. The summed E-state index contributed by atoms with van der Waals surface area (Å²) in [6, 6.07) is 8.30. The van der Waals surface area contributed by atoms with Gasteiger partial charge in [0.25, 0.3) is 0 Å². The van der Waals surface area contributed by atoms with Crippen molar-refractivity contribution < 1.29 is 0 Å². The van der Waals surface area contributed by atoms with Gasteiger partial charge in [0.2, 0.25) is 0 Å². The number of hydrogen-bond acceptors (Lipinski definition) is 2. The van der Waals surface area contributed by atoms with Crippen LogP contribution in [0.2, 0.25) is 0 Å². The summed E-state index contributed by atoms with van der Waals surface area (Å²) in [6.07, 6.45) is 0. The highest BCUT2D eigenvalue weighted by Gasteiger charge is 2.05. The van der Waals surface area contributed by atoms with E-state index in [9.17, 15) is 0 Å². The molecule has 1 unspecified atom stereocenters. The van der Waals surface area contributed by atoms with Crippen LogP contribution in [0.5, 0.6) is 0 Å². The molecule has 0 bridgehead atoms. The molecule has 3 heteroatoms. The molecule has 0 fully saturated rings. The number of nitrogens with zero attached hydrogens (tertiary/aromatic N) is 1. The lowest BCUT2D eigenvalue weighted by molar-refractivity contribution is 0.590. The molecule has 2 nitrogen and oxygen atoms in total. The van der Waals surface area contributed by atoms with Gasteiger partial charge in [0.05, 0.1) is 0 Å². The number of benzene rings is 1. The van der Waals surface area contributed by atoms with Gasteiger partial charge in [0, 0.05) is 23.8 Å². The van der Waals surface area contributed by atoms with E-state index in [4.69, 9.17) is 5.73 Å². The molecule has 2 N–H and O–H groups in total. The van der Waals surface area contributed by atoms with E-state index in [0.717, 1.165) is 17.6 Å². The lowest BCUT2D eigenvalue weighted by Crippen LogP contribution is -2.28. The first kappa shape index (κ1) is 11.5. The largest absolute Gasteiger partial charge is 0.374 e. The first-order valence-electron chi connectivity index (χ1n) is 4.80. The first-order chi connectivity index (χ1) is 6.63. The van der Waals surface area contributed by atoms with Crippen LogP contribution >= 0.6 is 15.9 Å². The van der Waals surface area contributed by atoms with E-state index < -0.39 is 0 Å². The van der Waals surface area contributed by atoms with E-state index in [2.05, 4.69) is 46.9 Å². The zero-order valence-corrected chi connectivity index (χ0v) is 10.3. The van der Waals surface area contributed by atoms with Crippen molar-refractivity contribution in [3.63, 3.8) is 0 Å². The van der Waals surface area contributed by atoms with Crippen LogP contribution in [0.3, 0.4) is 0 Å². The van der Waals surface area contributed by atoms with Gasteiger partial charge < -0.3 is 10.6 Å². The molecule has 0 spiro atoms. The summed E-state index contributed by atoms with van der Waals surface area (Å²) in [5, 5.41) is 0. The highest BCUT2D eigenvalue weighted by atomic mass is 79.9. The molecule has 1 aromatic rings. The maximum atomic E-state index is 5.59. The van der Waals surface area contributed by atoms with E-state index in [1.165, 1.54) is 5.69 Å². The maximum Gasteiger partial charge on any atom is 0.0375 e. The van der Waals surface area contributed by atoms with Crippen molar-refractivity contribution in [1.29, 1.82) is 0 Å². The average Bonchev–Trinajstić information content (AvgIpc) is 2.17. The van der Waals surface area contributed by atoms with Crippen LogP contribution < -0.4 is 10.6 Å². The Morgan fingerprint density at radius 2 is 2.21 bits per heavy atom. The third-order valence-electron chi connectivity index (χ3n) is 2.24. The summed E-state index contributed by atoms with van der Waals surface area (Å²) in [7, 11) is 2.09. The van der Waals surface area contributed by atoms with E-state index in [1.807, 2.05) is 12.1 Å². The zero-order chi connectivity index (χ0) is 10.6. The van der Waals surface area contributed by atoms with E-state index >= 15 is 0 Å². The minimum Gasteiger partial charge on any atom is -0.374 e. The molecule has 14 heavy (non-hydrogen) atoms. The third-order valence-corrected chi connectivity index (χ3v) is 2.73. The maximum absolute atomic E-state index is 5.59. The normalized spacial score (nSPS) is 12.6. The summed E-state index contributed by atoms with van der Waals surface area (Å²) in [6.45, 7) is 3.89. The van der Waals surface area contributed by atoms with Crippen molar-refractivity contribution in [3.05, 3.63) is 28.7 Å². The van der Waals surface area contributed by atoms with E-state index in [0.29, 0.717) is 5.92 Å². The predicted molar refractivity (Wildman–Crippen MR) is 65.6 cm³/mol. The smallest absolute Gasteiger partial charge is 0.0375 e. The Morgan fingerprint density at radius 1 is 1.50 bits per heavy atom. The van der Waals surface area contributed by atoms with Gasteiger partial charge in [-0.15, -0.1) is 0 Å². The summed E-state index contributed by atoms with van der Waals surface area (Å²) in [5.41, 5.74) is 6.81. The Hall–Kier alpha value is -0.540. The first-order valence-corrected chi connectivity index (χ1v) is 5.59. The van der Waals surface area contributed by atoms with Crippen molar-refractivity contribution >= 4 is 21.6 Å². The van der Waals surface area contributed by atoms with Gasteiger partial charge in [-0.2, -0.15) is 0 Å². The van der Waals surface area contributed by atoms with Crippen LogP contribution in [-0.2, 0) is 0 Å². The number of rotatable bonds is 4. The monoisotopic (exact) mass is 256 g/mol. The minimum atomic E-state index is 0.527. The molecule has 1 atom stereocenters. The van der Waals surface area contributed by atoms with Crippen LogP contribution in [-0.4, -0.2) is 20.1 Å². The molecule has 0 aromatic heterocycles. The van der Waals surface area contributed by atoms with Crippen LogP contribution in [0.4, 0.5) is 5.69 Å². The van der Waals surface area contributed by atoms with Crippen molar-refractivity contribution in [2.45, 2.75) is 6.92 Å². The molecule has 0 aliphatic carbocycles. The summed E-state index contributed by atoms with van der Waals surface area (Å²) < 4.78 is 1.11. The Balaban J connectivity index is 2.64. The Morgan fingerprint density at radius 3 is 2.79 bits per heavy atom. The van der Waals surface area contributed by atoms with Gasteiger partial charge in [-0.3, -0.25) is 0 Å². The highest BCUT2D eigenvalue weighted by molar-refractivity contribution is 9.10. The standard InChI is InChI=1S/C11H17BrN2/c1-9(7-13)8-14(2)11-5-3-4-10(12)6-11/h3-6,9H,7-8,13H2,1-2H3. The highest BCUT2D eigenvalue weighted by Crippen LogP contribution is 2.19. The molecular formula is C11H17BrN2.